The first-order valence-electron chi connectivity index (χ1n) is 7.32. The Morgan fingerprint density at radius 2 is 1.88 bits per heavy atom. The predicted molar refractivity (Wildman–Crippen MR) is 100 cm³/mol. The Bertz CT molecular complexity index is 952. The van der Waals surface area contributed by atoms with E-state index in [1.54, 1.807) is 36.4 Å². The van der Waals surface area contributed by atoms with E-state index in [2.05, 4.69) is 25.9 Å². The molecule has 0 aliphatic rings. The average Bonchev–Trinajstić information content (AvgIpc) is 3.04. The van der Waals surface area contributed by atoms with Crippen LogP contribution in [0.5, 0.6) is 0 Å². The molecule has 0 radical (unpaired) electrons. The summed E-state index contributed by atoms with van der Waals surface area (Å²) in [6, 6.07) is 12.0. The van der Waals surface area contributed by atoms with Crippen molar-refractivity contribution in [3.8, 4) is 11.4 Å². The summed E-state index contributed by atoms with van der Waals surface area (Å²) in [6.45, 7) is -0.152. The molecule has 26 heavy (non-hydrogen) atoms. The summed E-state index contributed by atoms with van der Waals surface area (Å²) in [5.74, 6) is -0.108. The second-order valence-electron chi connectivity index (χ2n) is 5.12. The Balaban J connectivity index is 1.62. The fraction of sp³-hybridized carbons (Fsp3) is 0.0625. The molecule has 0 atom stereocenters. The van der Waals surface area contributed by atoms with Gasteiger partial charge in [0, 0.05) is 26.2 Å². The van der Waals surface area contributed by atoms with Crippen molar-refractivity contribution in [2.75, 3.05) is 0 Å². The van der Waals surface area contributed by atoms with Crippen molar-refractivity contribution in [1.82, 2.24) is 25.6 Å². The van der Waals surface area contributed by atoms with E-state index >= 15 is 0 Å². The van der Waals surface area contributed by atoms with Gasteiger partial charge in [-0.15, -0.1) is 10.2 Å². The molecular formula is C16H11Cl3N6O. The number of hydrogen-bond acceptors (Lipinski definition) is 5. The Labute approximate surface area is 163 Å². The number of aromatic nitrogens is 4. The zero-order valence-electron chi connectivity index (χ0n) is 13.1. The number of hydrogen-bond donors (Lipinski definition) is 1. The van der Waals surface area contributed by atoms with E-state index in [0.717, 1.165) is 4.80 Å². The second-order valence-corrected chi connectivity index (χ2v) is 6.40. The van der Waals surface area contributed by atoms with Gasteiger partial charge < -0.3 is 0 Å². The molecule has 0 unspecified atom stereocenters. The number of carbonyl (C=O) groups is 1. The number of nitrogens with zero attached hydrogens (tertiary/aromatic N) is 5. The normalized spacial score (nSPS) is 11.0. The molecule has 2 aromatic carbocycles. The summed E-state index contributed by atoms with van der Waals surface area (Å²) in [6.07, 6.45) is 1.45. The van der Waals surface area contributed by atoms with E-state index in [-0.39, 0.29) is 6.54 Å². The first-order chi connectivity index (χ1) is 12.5. The Morgan fingerprint density at radius 1 is 1.15 bits per heavy atom. The Hall–Kier alpha value is -2.48. The van der Waals surface area contributed by atoms with Crippen LogP contribution in [0.4, 0.5) is 0 Å². The molecule has 132 valence electrons. The van der Waals surface area contributed by atoms with Crippen LogP contribution in [0.1, 0.15) is 5.56 Å². The smallest absolute Gasteiger partial charge is 0.263 e. The first kappa shape index (κ1) is 18.3. The summed E-state index contributed by atoms with van der Waals surface area (Å²) in [4.78, 5) is 13.1. The van der Waals surface area contributed by atoms with Crippen LogP contribution in [0.3, 0.4) is 0 Å². The molecule has 7 nitrogen and oxygen atoms in total. The molecule has 1 N–H and O–H groups in total. The van der Waals surface area contributed by atoms with Crippen LogP contribution in [-0.4, -0.2) is 32.3 Å². The standard InChI is InChI=1S/C16H11Cl3N6O/c17-12-5-11(6-13(18)7-12)16-22-24-25(23-16)9-15(26)21-20-8-10-3-1-2-4-14(10)19/h1-8H,9H2,(H,21,26). The van der Waals surface area contributed by atoms with Gasteiger partial charge in [-0.25, -0.2) is 5.43 Å². The lowest BCUT2D eigenvalue weighted by molar-refractivity contribution is -0.122. The number of nitrogens with one attached hydrogen (secondary N) is 1. The van der Waals surface area contributed by atoms with Gasteiger partial charge in [0.1, 0.15) is 6.54 Å². The molecular weight excluding hydrogens is 399 g/mol. The van der Waals surface area contributed by atoms with Crippen LogP contribution in [0, 0.1) is 0 Å². The summed E-state index contributed by atoms with van der Waals surface area (Å²) in [7, 11) is 0. The maximum absolute atomic E-state index is 11.9. The first-order valence-corrected chi connectivity index (χ1v) is 8.45. The second kappa shape index (κ2) is 8.27. The number of tetrazole rings is 1. The SMILES string of the molecule is O=C(Cn1nnc(-c2cc(Cl)cc(Cl)c2)n1)NN=Cc1ccccc1Cl. The Morgan fingerprint density at radius 3 is 2.62 bits per heavy atom. The zero-order valence-corrected chi connectivity index (χ0v) is 15.4. The minimum absolute atomic E-state index is 0.152. The summed E-state index contributed by atoms with van der Waals surface area (Å²) in [5, 5.41) is 17.1. The summed E-state index contributed by atoms with van der Waals surface area (Å²) in [5.41, 5.74) is 3.67. The molecule has 0 bridgehead atoms. The highest BCUT2D eigenvalue weighted by atomic mass is 35.5. The highest BCUT2D eigenvalue weighted by molar-refractivity contribution is 6.35. The monoisotopic (exact) mass is 408 g/mol. The van der Waals surface area contributed by atoms with Crippen molar-refractivity contribution in [3.63, 3.8) is 0 Å². The van der Waals surface area contributed by atoms with Gasteiger partial charge in [0.05, 0.1) is 6.21 Å². The molecule has 10 heteroatoms. The van der Waals surface area contributed by atoms with Gasteiger partial charge >= 0.3 is 0 Å². The van der Waals surface area contributed by atoms with Gasteiger partial charge in [-0.3, -0.25) is 4.79 Å². The lowest BCUT2D eigenvalue weighted by atomic mass is 10.2. The van der Waals surface area contributed by atoms with Crippen molar-refractivity contribution in [2.45, 2.75) is 6.54 Å². The van der Waals surface area contributed by atoms with Crippen molar-refractivity contribution in [2.24, 2.45) is 5.10 Å². The van der Waals surface area contributed by atoms with Crippen LogP contribution < -0.4 is 5.43 Å². The van der Waals surface area contributed by atoms with Gasteiger partial charge in [0.25, 0.3) is 5.91 Å². The van der Waals surface area contributed by atoms with E-state index in [1.807, 2.05) is 6.07 Å². The van der Waals surface area contributed by atoms with Gasteiger partial charge in [0.15, 0.2) is 0 Å². The van der Waals surface area contributed by atoms with Gasteiger partial charge in [-0.2, -0.15) is 9.90 Å². The number of halogens is 3. The molecule has 1 heterocycles. The molecule has 0 aliphatic carbocycles. The van der Waals surface area contributed by atoms with Crippen LogP contribution in [0.25, 0.3) is 11.4 Å². The van der Waals surface area contributed by atoms with E-state index in [0.29, 0.717) is 32.0 Å². The third-order valence-corrected chi connectivity index (χ3v) is 3.94. The minimum atomic E-state index is -0.415. The molecule has 0 saturated heterocycles. The fourth-order valence-corrected chi connectivity index (χ4v) is 2.74. The van der Waals surface area contributed by atoms with Gasteiger partial charge in [-0.05, 0) is 29.5 Å². The van der Waals surface area contributed by atoms with Crippen molar-refractivity contribution in [3.05, 3.63) is 63.1 Å². The van der Waals surface area contributed by atoms with E-state index < -0.39 is 5.91 Å². The third kappa shape index (κ3) is 4.78. The van der Waals surface area contributed by atoms with Crippen LogP contribution in [-0.2, 0) is 11.3 Å². The van der Waals surface area contributed by atoms with Gasteiger partial charge in [0.2, 0.25) is 5.82 Å². The Kier molecular flexibility index (Phi) is 5.82. The number of rotatable bonds is 5. The quantitative estimate of drug-likeness (QED) is 0.516. The molecule has 3 rings (SSSR count). The number of amides is 1. The average molecular weight is 410 g/mol. The third-order valence-electron chi connectivity index (χ3n) is 3.16. The predicted octanol–water partition coefficient (Wildman–Crippen LogP) is 3.45. The van der Waals surface area contributed by atoms with Gasteiger partial charge in [-0.1, -0.05) is 53.0 Å². The van der Waals surface area contributed by atoms with E-state index in [4.69, 9.17) is 34.8 Å². The lowest BCUT2D eigenvalue weighted by Gasteiger charge is -1.99. The molecule has 1 amide bonds. The largest absolute Gasteiger partial charge is 0.271 e. The topological polar surface area (TPSA) is 85.1 Å². The van der Waals surface area contributed by atoms with Crippen LogP contribution in [0.2, 0.25) is 15.1 Å². The van der Waals surface area contributed by atoms with Crippen molar-refractivity contribution < 1.29 is 4.79 Å². The van der Waals surface area contributed by atoms with Crippen molar-refractivity contribution >= 4 is 46.9 Å². The highest BCUT2D eigenvalue weighted by Gasteiger charge is 2.10. The van der Waals surface area contributed by atoms with E-state index in [1.165, 1.54) is 6.21 Å². The molecule has 0 saturated carbocycles. The lowest BCUT2D eigenvalue weighted by Crippen LogP contribution is -2.24. The van der Waals surface area contributed by atoms with E-state index in [9.17, 15) is 4.79 Å². The maximum Gasteiger partial charge on any atom is 0.263 e. The number of carbonyl (C=O) groups excluding carboxylic acids is 1. The molecule has 0 aliphatic heterocycles. The summed E-state index contributed by atoms with van der Waals surface area (Å²) < 4.78 is 0. The maximum atomic E-state index is 11.9. The molecule has 0 fully saturated rings. The fourth-order valence-electron chi connectivity index (χ4n) is 2.03. The molecule has 3 aromatic rings. The van der Waals surface area contributed by atoms with Crippen LogP contribution in [0.15, 0.2) is 47.6 Å². The minimum Gasteiger partial charge on any atom is -0.271 e. The number of hydrazone groups is 1. The van der Waals surface area contributed by atoms with Crippen molar-refractivity contribution in [1.29, 1.82) is 0 Å². The van der Waals surface area contributed by atoms with Crippen LogP contribution >= 0.6 is 34.8 Å². The number of benzene rings is 2. The highest BCUT2D eigenvalue weighted by Crippen LogP contribution is 2.24. The summed E-state index contributed by atoms with van der Waals surface area (Å²) >= 11 is 17.9. The molecule has 1 aromatic heterocycles. The zero-order chi connectivity index (χ0) is 18.5. The molecule has 0 spiro atoms.